The number of imide groups is 1. The third kappa shape index (κ3) is 6.52. The Balaban J connectivity index is 1.61. The Bertz CT molecular complexity index is 1370. The van der Waals surface area contributed by atoms with Gasteiger partial charge in [-0.15, -0.1) is 0 Å². The molecule has 4 rings (SSSR count). The largest absolute Gasteiger partial charge is 0.505 e. The second kappa shape index (κ2) is 13.8. The topological polar surface area (TPSA) is 139 Å². The van der Waals surface area contributed by atoms with Crippen molar-refractivity contribution < 1.29 is 39.3 Å². The summed E-state index contributed by atoms with van der Waals surface area (Å²) in [5, 5.41) is 50.8. The number of hydrogen-bond donors (Lipinski definition) is 5. The number of anilines is 1. The number of allylic oxidation sites excluding steroid dienone is 2. The fraction of sp³-hybridized carbons (Fsp3) is 0.438. The number of phenols is 1. The van der Waals surface area contributed by atoms with E-state index in [-0.39, 0.29) is 11.2 Å². The van der Waals surface area contributed by atoms with Gasteiger partial charge in [-0.05, 0) is 73.0 Å². The number of phenolic OH excluding ortho intramolecular Hbond substituents is 1. The highest BCUT2D eigenvalue weighted by atomic mass is 19.1. The summed E-state index contributed by atoms with van der Waals surface area (Å²) in [6, 6.07) is 10.2. The van der Waals surface area contributed by atoms with Crippen molar-refractivity contribution in [3.05, 3.63) is 70.6 Å². The van der Waals surface area contributed by atoms with Crippen LogP contribution in [-0.2, 0) is 9.59 Å². The predicted octanol–water partition coefficient (Wildman–Crippen LogP) is 3.45. The number of carbonyl (C=O) groups excluding carboxylic acids is 2. The van der Waals surface area contributed by atoms with Crippen molar-refractivity contribution in [3.63, 3.8) is 0 Å². The number of amides is 2. The maximum atomic E-state index is 13.9. The van der Waals surface area contributed by atoms with E-state index in [1.165, 1.54) is 24.3 Å². The van der Waals surface area contributed by atoms with E-state index < -0.39 is 61.0 Å². The summed E-state index contributed by atoms with van der Waals surface area (Å²) in [5.41, 5.74) is 3.49. The van der Waals surface area contributed by atoms with Crippen molar-refractivity contribution in [3.8, 4) is 5.75 Å². The monoisotopic (exact) mass is 579 g/mol. The lowest BCUT2D eigenvalue weighted by Crippen LogP contribution is -2.39. The minimum Gasteiger partial charge on any atom is -0.505 e. The molecule has 10 heteroatoms. The van der Waals surface area contributed by atoms with Gasteiger partial charge in [0.05, 0.1) is 30.2 Å². The molecule has 0 aromatic heterocycles. The highest BCUT2D eigenvalue weighted by Gasteiger charge is 2.55. The Labute approximate surface area is 246 Å². The van der Waals surface area contributed by atoms with Crippen LogP contribution in [0.15, 0.2) is 59.2 Å². The summed E-state index contributed by atoms with van der Waals surface area (Å²) < 4.78 is 13.9. The van der Waals surface area contributed by atoms with Crippen LogP contribution < -0.4 is 10.4 Å². The van der Waals surface area contributed by atoms with Gasteiger partial charge in [-0.1, -0.05) is 62.1 Å². The molecule has 0 spiro atoms. The van der Waals surface area contributed by atoms with Crippen molar-refractivity contribution in [2.24, 2.45) is 17.8 Å². The molecule has 2 amide bonds. The van der Waals surface area contributed by atoms with Crippen LogP contribution in [-0.4, -0.2) is 57.0 Å². The lowest BCUT2D eigenvalue weighted by molar-refractivity contribution is -0.123. The highest BCUT2D eigenvalue weighted by molar-refractivity contribution is 6.58. The van der Waals surface area contributed by atoms with Gasteiger partial charge < -0.3 is 25.4 Å². The number of aromatic hydroxyl groups is 1. The van der Waals surface area contributed by atoms with Crippen molar-refractivity contribution >= 4 is 36.2 Å². The maximum absolute atomic E-state index is 13.9. The molecule has 2 aromatic rings. The van der Waals surface area contributed by atoms with E-state index in [0.717, 1.165) is 35.3 Å². The number of rotatable bonds is 12. The molecule has 42 heavy (non-hydrogen) atoms. The quantitative estimate of drug-likeness (QED) is 0.148. The molecule has 1 saturated heterocycles. The summed E-state index contributed by atoms with van der Waals surface area (Å²) in [4.78, 5) is 28.4. The number of halogens is 1. The summed E-state index contributed by atoms with van der Waals surface area (Å²) >= 11 is 0. The number of hydrogen-bond acceptors (Lipinski definition) is 7. The summed E-state index contributed by atoms with van der Waals surface area (Å²) in [7, 11) is -1.76. The average molecular weight is 579 g/mol. The van der Waals surface area contributed by atoms with Gasteiger partial charge in [-0.2, -0.15) is 0 Å². The molecule has 1 aliphatic heterocycles. The fourth-order valence-electron chi connectivity index (χ4n) is 6.49. The number of aliphatic hydroxyl groups is 2. The minimum atomic E-state index is -1.76. The Hall–Kier alpha value is -3.31. The average Bonchev–Trinajstić information content (AvgIpc) is 3.22. The van der Waals surface area contributed by atoms with Crippen LogP contribution >= 0.6 is 0 Å². The predicted molar refractivity (Wildman–Crippen MR) is 159 cm³/mol. The Morgan fingerprint density at radius 3 is 2.50 bits per heavy atom. The van der Waals surface area contributed by atoms with Gasteiger partial charge in [0.25, 0.3) is 0 Å². The number of aliphatic hydroxyl groups excluding tert-OH is 2. The fourth-order valence-corrected chi connectivity index (χ4v) is 6.49. The molecular weight excluding hydrogens is 540 g/mol. The highest BCUT2D eigenvalue weighted by Crippen LogP contribution is 2.48. The van der Waals surface area contributed by atoms with E-state index in [1.807, 2.05) is 19.9 Å². The number of carbonyl (C=O) groups is 2. The molecule has 0 saturated carbocycles. The van der Waals surface area contributed by atoms with E-state index in [9.17, 15) is 39.3 Å². The lowest BCUT2D eigenvalue weighted by atomic mass is 9.67. The van der Waals surface area contributed by atoms with Crippen LogP contribution in [0.3, 0.4) is 0 Å². The smallest absolute Gasteiger partial charge is 0.488 e. The first kappa shape index (κ1) is 31.6. The van der Waals surface area contributed by atoms with Gasteiger partial charge in [0, 0.05) is 5.92 Å². The standard InChI is InChI=1S/C32H39BFNO7/c1-3-6-19(14-20-11-12-27(37)26(34)15-20)10-13-28(38)29-21(7-4-2)16-24-30(25(29)18-36)32(40)35(31(24)39)23-9-5-8-22(17-23)33(41)42/h5,8-9,11-12,14-15,17,24-25,28,30,36-38,41-42H,3-4,6-7,10,13,16,18H2,1-2H3/b19-14+/t24-,25+,28-,30-/m1/s1. The van der Waals surface area contributed by atoms with E-state index >= 15 is 0 Å². The van der Waals surface area contributed by atoms with Crippen molar-refractivity contribution in [2.75, 3.05) is 11.5 Å². The van der Waals surface area contributed by atoms with Gasteiger partial charge in [-0.3, -0.25) is 14.5 Å². The minimum absolute atomic E-state index is 0.147. The first-order chi connectivity index (χ1) is 20.1. The van der Waals surface area contributed by atoms with E-state index in [2.05, 4.69) is 0 Å². The van der Waals surface area contributed by atoms with Crippen molar-refractivity contribution in [1.82, 2.24) is 0 Å². The second-order valence-electron chi connectivity index (χ2n) is 11.2. The van der Waals surface area contributed by atoms with Gasteiger partial charge in [-0.25, -0.2) is 4.39 Å². The third-order valence-electron chi connectivity index (χ3n) is 8.37. The number of nitrogens with zero attached hydrogens (tertiary/aromatic N) is 1. The molecule has 224 valence electrons. The molecule has 1 fully saturated rings. The molecule has 0 radical (unpaired) electrons. The van der Waals surface area contributed by atoms with Crippen molar-refractivity contribution in [1.29, 1.82) is 0 Å². The SMILES string of the molecule is CCCC1=C([C@H](O)CC/C(=C/c2ccc(O)c(F)c2)CCC)[C@H](CO)[C@@H]2C(=O)N(c3cccc(B(O)O)c3)C(=O)[C@@H]2C1. The summed E-state index contributed by atoms with van der Waals surface area (Å²) in [6.45, 7) is 3.61. The van der Waals surface area contributed by atoms with Crippen LogP contribution in [0.1, 0.15) is 64.4 Å². The molecule has 4 atom stereocenters. The van der Waals surface area contributed by atoms with Crippen LogP contribution in [0.4, 0.5) is 10.1 Å². The van der Waals surface area contributed by atoms with Gasteiger partial charge >= 0.3 is 7.12 Å². The lowest BCUT2D eigenvalue weighted by Gasteiger charge is -2.36. The zero-order valence-corrected chi connectivity index (χ0v) is 24.0. The second-order valence-corrected chi connectivity index (χ2v) is 11.2. The molecule has 0 unspecified atom stereocenters. The van der Waals surface area contributed by atoms with E-state index in [0.29, 0.717) is 36.8 Å². The van der Waals surface area contributed by atoms with Crippen LogP contribution in [0.2, 0.25) is 0 Å². The molecule has 0 bridgehead atoms. The van der Waals surface area contributed by atoms with Gasteiger partial charge in [0.1, 0.15) is 0 Å². The normalized spacial score (nSPS) is 21.6. The zero-order valence-electron chi connectivity index (χ0n) is 24.0. The molecule has 5 N–H and O–H groups in total. The van der Waals surface area contributed by atoms with Crippen LogP contribution in [0, 0.1) is 23.6 Å². The zero-order chi connectivity index (χ0) is 30.6. The van der Waals surface area contributed by atoms with Gasteiger partial charge in [0.15, 0.2) is 11.6 Å². The Morgan fingerprint density at radius 1 is 1.10 bits per heavy atom. The molecule has 2 aromatic carbocycles. The van der Waals surface area contributed by atoms with Crippen molar-refractivity contribution in [2.45, 2.75) is 64.9 Å². The Morgan fingerprint density at radius 2 is 1.86 bits per heavy atom. The third-order valence-corrected chi connectivity index (χ3v) is 8.37. The molecule has 1 heterocycles. The molecule has 1 aliphatic carbocycles. The molecule has 2 aliphatic rings. The molecule has 8 nitrogen and oxygen atoms in total. The number of fused-ring (bicyclic) bond motifs is 1. The Kier molecular flexibility index (Phi) is 10.4. The van der Waals surface area contributed by atoms with Crippen LogP contribution in [0.5, 0.6) is 5.75 Å². The van der Waals surface area contributed by atoms with Gasteiger partial charge in [0.2, 0.25) is 11.8 Å². The first-order valence-corrected chi connectivity index (χ1v) is 14.6. The van der Waals surface area contributed by atoms with E-state index in [4.69, 9.17) is 0 Å². The number of benzene rings is 2. The van der Waals surface area contributed by atoms with E-state index in [1.54, 1.807) is 18.2 Å². The first-order valence-electron chi connectivity index (χ1n) is 14.6. The maximum Gasteiger partial charge on any atom is 0.488 e. The summed E-state index contributed by atoms with van der Waals surface area (Å²) in [6.07, 6.45) is 4.98. The summed E-state index contributed by atoms with van der Waals surface area (Å²) in [5.74, 6) is -4.27. The molecular formula is C32H39BFNO7. The van der Waals surface area contributed by atoms with Crippen LogP contribution in [0.25, 0.3) is 6.08 Å².